The van der Waals surface area contributed by atoms with Crippen LogP contribution >= 0.6 is 0 Å². The average Bonchev–Trinajstić information content (AvgIpc) is 2.80. The van der Waals surface area contributed by atoms with Crippen molar-refractivity contribution in [2.45, 2.75) is 19.3 Å². The number of halogens is 1. The number of carbonyl (C=O) groups excluding carboxylic acids is 2. The minimum absolute atomic E-state index is 0.00753. The van der Waals surface area contributed by atoms with Crippen LogP contribution in [0.5, 0.6) is 5.75 Å². The number of aromatic carboxylic acids is 1. The largest absolute Gasteiger partial charge is 0.505 e. The molecule has 0 bridgehead atoms. The lowest BCUT2D eigenvalue weighted by molar-refractivity contribution is -0.123. The highest BCUT2D eigenvalue weighted by Crippen LogP contribution is 2.33. The van der Waals surface area contributed by atoms with Crippen molar-refractivity contribution in [3.8, 4) is 5.75 Å². The van der Waals surface area contributed by atoms with Gasteiger partial charge in [0, 0.05) is 30.6 Å². The van der Waals surface area contributed by atoms with Gasteiger partial charge in [0.1, 0.15) is 16.9 Å². The number of rotatable bonds is 5. The summed E-state index contributed by atoms with van der Waals surface area (Å²) in [7, 11) is 0. The summed E-state index contributed by atoms with van der Waals surface area (Å²) in [4.78, 5) is 42.2. The number of carboxylic acid groups (broad SMARTS) is 1. The summed E-state index contributed by atoms with van der Waals surface area (Å²) < 4.78 is 13.2. The summed E-state index contributed by atoms with van der Waals surface area (Å²) in [5, 5.41) is 20.3. The molecule has 0 atom stereocenters. The molecule has 8 nitrogen and oxygen atoms in total. The van der Waals surface area contributed by atoms with E-state index in [1.165, 1.54) is 18.3 Å². The highest BCUT2D eigenvalue weighted by molar-refractivity contribution is 6.11. The Kier molecular flexibility index (Phi) is 5.95. The molecule has 0 unspecified atom stereocenters. The zero-order valence-electron chi connectivity index (χ0n) is 17.6. The standard InChI is InChI=1S/C24H22FN3O5/c25-16-3-1-13(2-4-16)9-14-10-17-18(11-19(24(32)33)21(29)20(17)27-12-14)23(31)28-7-5-15(6-8-28)22(26)30/h1-4,10-12,15,29H,5-9H2,(H2,26,30)(H,32,33). The molecule has 2 heterocycles. The molecule has 9 heteroatoms. The van der Waals surface area contributed by atoms with Gasteiger partial charge in [0.05, 0.1) is 5.56 Å². The number of fused-ring (bicyclic) bond motifs is 1. The van der Waals surface area contributed by atoms with Crippen LogP contribution in [0.2, 0.25) is 0 Å². The van der Waals surface area contributed by atoms with Gasteiger partial charge in [-0.25, -0.2) is 9.18 Å². The maximum atomic E-state index is 13.3. The fourth-order valence-electron chi connectivity index (χ4n) is 4.13. The van der Waals surface area contributed by atoms with Crippen LogP contribution in [0.1, 0.15) is 44.7 Å². The Morgan fingerprint density at radius 3 is 2.33 bits per heavy atom. The number of nitrogens with two attached hydrogens (primary N) is 1. The van der Waals surface area contributed by atoms with Crippen molar-refractivity contribution < 1.29 is 29.0 Å². The molecule has 0 aliphatic carbocycles. The second-order valence-corrected chi connectivity index (χ2v) is 8.14. The number of hydrogen-bond donors (Lipinski definition) is 3. The summed E-state index contributed by atoms with van der Waals surface area (Å²) in [6, 6.07) is 8.81. The first-order valence-electron chi connectivity index (χ1n) is 10.5. The molecular formula is C24H22FN3O5. The lowest BCUT2D eigenvalue weighted by Crippen LogP contribution is -2.41. The normalized spacial score (nSPS) is 14.4. The van der Waals surface area contributed by atoms with Crippen molar-refractivity contribution in [2.24, 2.45) is 11.7 Å². The van der Waals surface area contributed by atoms with Crippen LogP contribution < -0.4 is 5.73 Å². The minimum atomic E-state index is -1.38. The lowest BCUT2D eigenvalue weighted by Gasteiger charge is -2.31. The number of aromatic nitrogens is 1. The SMILES string of the molecule is NC(=O)C1CCN(C(=O)c2cc(C(=O)O)c(O)c3ncc(Cc4ccc(F)cc4)cc23)CC1. The minimum Gasteiger partial charge on any atom is -0.505 e. The summed E-state index contributed by atoms with van der Waals surface area (Å²) in [6.07, 6.45) is 2.75. The van der Waals surface area contributed by atoms with Crippen molar-refractivity contribution >= 4 is 28.7 Å². The van der Waals surface area contributed by atoms with E-state index < -0.39 is 29.1 Å². The molecule has 4 rings (SSSR count). The number of phenols is 1. The molecule has 170 valence electrons. The molecule has 33 heavy (non-hydrogen) atoms. The van der Waals surface area contributed by atoms with Gasteiger partial charge in [-0.05, 0) is 54.7 Å². The predicted octanol–water partition coefficient (Wildman–Crippen LogP) is 2.71. The molecule has 4 N–H and O–H groups in total. The number of nitrogens with zero attached hydrogens (tertiary/aromatic N) is 2. The van der Waals surface area contributed by atoms with Gasteiger partial charge in [0.25, 0.3) is 5.91 Å². The molecule has 2 amide bonds. The summed E-state index contributed by atoms with van der Waals surface area (Å²) in [6.45, 7) is 0.611. The molecule has 1 saturated heterocycles. The second-order valence-electron chi connectivity index (χ2n) is 8.14. The smallest absolute Gasteiger partial charge is 0.339 e. The highest BCUT2D eigenvalue weighted by atomic mass is 19.1. The van der Waals surface area contributed by atoms with E-state index in [-0.39, 0.29) is 22.8 Å². The topological polar surface area (TPSA) is 134 Å². The Morgan fingerprint density at radius 2 is 1.73 bits per heavy atom. The summed E-state index contributed by atoms with van der Waals surface area (Å²) in [5.74, 6) is -3.37. The van der Waals surface area contributed by atoms with Gasteiger partial charge < -0.3 is 20.8 Å². The maximum Gasteiger partial charge on any atom is 0.339 e. The van der Waals surface area contributed by atoms with Gasteiger partial charge in [0.2, 0.25) is 5.91 Å². The highest BCUT2D eigenvalue weighted by Gasteiger charge is 2.29. The summed E-state index contributed by atoms with van der Waals surface area (Å²) >= 11 is 0. The van der Waals surface area contributed by atoms with Crippen LogP contribution in [0.25, 0.3) is 10.9 Å². The molecule has 1 aromatic heterocycles. The molecule has 1 aliphatic heterocycles. The van der Waals surface area contributed by atoms with Crippen molar-refractivity contribution in [3.63, 3.8) is 0 Å². The Bertz CT molecular complexity index is 1250. The maximum absolute atomic E-state index is 13.3. The molecule has 0 spiro atoms. The first-order valence-corrected chi connectivity index (χ1v) is 10.5. The van der Waals surface area contributed by atoms with Crippen LogP contribution in [0.3, 0.4) is 0 Å². The van der Waals surface area contributed by atoms with Gasteiger partial charge in [-0.1, -0.05) is 12.1 Å². The fourth-order valence-corrected chi connectivity index (χ4v) is 4.13. The number of piperidine rings is 1. The zero-order valence-corrected chi connectivity index (χ0v) is 17.6. The van der Waals surface area contributed by atoms with E-state index in [4.69, 9.17) is 5.73 Å². The second kappa shape index (κ2) is 8.85. The van der Waals surface area contributed by atoms with E-state index in [0.29, 0.717) is 43.3 Å². The molecule has 0 radical (unpaired) electrons. The van der Waals surface area contributed by atoms with Gasteiger partial charge in [0.15, 0.2) is 5.75 Å². The zero-order chi connectivity index (χ0) is 23.7. The van der Waals surface area contributed by atoms with E-state index in [1.807, 2.05) is 0 Å². The van der Waals surface area contributed by atoms with Crippen LogP contribution in [0.15, 0.2) is 42.6 Å². The van der Waals surface area contributed by atoms with Gasteiger partial charge >= 0.3 is 5.97 Å². The first kappa shape index (κ1) is 22.2. The Balaban J connectivity index is 1.74. The van der Waals surface area contributed by atoms with E-state index in [1.54, 1.807) is 23.1 Å². The van der Waals surface area contributed by atoms with Crippen LogP contribution in [-0.2, 0) is 11.2 Å². The van der Waals surface area contributed by atoms with E-state index >= 15 is 0 Å². The van der Waals surface area contributed by atoms with Crippen molar-refractivity contribution in [1.29, 1.82) is 0 Å². The number of aromatic hydroxyl groups is 1. The van der Waals surface area contributed by atoms with E-state index in [0.717, 1.165) is 11.6 Å². The van der Waals surface area contributed by atoms with Crippen LogP contribution in [0, 0.1) is 11.7 Å². The number of benzene rings is 2. The summed E-state index contributed by atoms with van der Waals surface area (Å²) in [5.41, 5.74) is 6.59. The van der Waals surface area contributed by atoms with Crippen LogP contribution in [-0.4, -0.2) is 51.0 Å². The fraction of sp³-hybridized carbons (Fsp3) is 0.250. The molecule has 1 aliphatic rings. The van der Waals surface area contributed by atoms with Crippen molar-refractivity contribution in [3.05, 3.63) is 70.7 Å². The van der Waals surface area contributed by atoms with E-state index in [2.05, 4.69) is 4.98 Å². The molecule has 0 saturated carbocycles. The number of carboxylic acids is 1. The first-order chi connectivity index (χ1) is 15.7. The number of likely N-dealkylation sites (tertiary alicyclic amines) is 1. The number of hydrogen-bond acceptors (Lipinski definition) is 5. The Hall–Kier alpha value is -4.01. The third kappa shape index (κ3) is 4.48. The average molecular weight is 451 g/mol. The van der Waals surface area contributed by atoms with Crippen molar-refractivity contribution in [1.82, 2.24) is 9.88 Å². The number of pyridine rings is 1. The van der Waals surface area contributed by atoms with Crippen LogP contribution in [0.4, 0.5) is 4.39 Å². The monoisotopic (exact) mass is 451 g/mol. The third-order valence-corrected chi connectivity index (χ3v) is 5.97. The van der Waals surface area contributed by atoms with Gasteiger partial charge in [-0.2, -0.15) is 0 Å². The number of carbonyl (C=O) groups is 3. The Morgan fingerprint density at radius 1 is 1.06 bits per heavy atom. The molecule has 2 aromatic carbocycles. The molecule has 3 aromatic rings. The van der Waals surface area contributed by atoms with Crippen molar-refractivity contribution in [2.75, 3.05) is 13.1 Å². The molecule has 1 fully saturated rings. The number of amides is 2. The lowest BCUT2D eigenvalue weighted by atomic mass is 9.94. The van der Waals surface area contributed by atoms with Gasteiger partial charge in [-0.15, -0.1) is 0 Å². The third-order valence-electron chi connectivity index (χ3n) is 5.97. The quantitative estimate of drug-likeness (QED) is 0.546. The van der Waals surface area contributed by atoms with E-state index in [9.17, 15) is 29.0 Å². The molecular weight excluding hydrogens is 429 g/mol. The number of primary amides is 1. The predicted molar refractivity (Wildman–Crippen MR) is 117 cm³/mol. The van der Waals surface area contributed by atoms with Gasteiger partial charge in [-0.3, -0.25) is 14.6 Å². The Labute approximate surface area is 188 Å².